The number of benzene rings is 2. The molecule has 1 aromatic heterocycles. The van der Waals surface area contributed by atoms with Crippen LogP contribution < -0.4 is 15.4 Å². The Morgan fingerprint density at radius 3 is 2.49 bits per heavy atom. The van der Waals surface area contributed by atoms with Crippen molar-refractivity contribution in [3.05, 3.63) is 77.3 Å². The van der Waals surface area contributed by atoms with E-state index in [4.69, 9.17) is 9.47 Å². The predicted molar refractivity (Wildman–Crippen MR) is 150 cm³/mol. The third kappa shape index (κ3) is 8.02. The van der Waals surface area contributed by atoms with Gasteiger partial charge in [0.1, 0.15) is 12.0 Å². The van der Waals surface area contributed by atoms with Gasteiger partial charge in [-0.05, 0) is 44.2 Å². The predicted octanol–water partition coefficient (Wildman–Crippen LogP) is 7.80. The molecule has 1 aliphatic heterocycles. The summed E-state index contributed by atoms with van der Waals surface area (Å²) >= 11 is 0. The molecule has 2 aromatic carbocycles. The van der Waals surface area contributed by atoms with Gasteiger partial charge in [0.2, 0.25) is 6.36 Å². The highest BCUT2D eigenvalue weighted by Crippen LogP contribution is 2.31. The number of ether oxygens (including phenoxy) is 2. The van der Waals surface area contributed by atoms with Gasteiger partial charge in [0.25, 0.3) is 11.8 Å². The molecular formula is C29H39F3N4O3. The molecule has 2 heterocycles. The maximum atomic E-state index is 13.6. The van der Waals surface area contributed by atoms with Crippen LogP contribution in [0.5, 0.6) is 5.75 Å². The second-order valence-corrected chi connectivity index (χ2v) is 8.29. The van der Waals surface area contributed by atoms with E-state index in [-0.39, 0.29) is 24.5 Å². The number of rotatable bonds is 7. The zero-order valence-electron chi connectivity index (χ0n) is 23.6. The van der Waals surface area contributed by atoms with Crippen molar-refractivity contribution in [3.8, 4) is 11.4 Å². The Morgan fingerprint density at radius 1 is 1.21 bits per heavy atom. The van der Waals surface area contributed by atoms with Crippen LogP contribution in [-0.4, -0.2) is 28.3 Å². The summed E-state index contributed by atoms with van der Waals surface area (Å²) in [7, 11) is 0. The number of anilines is 1. The lowest BCUT2D eigenvalue weighted by molar-refractivity contribution is 0.0175. The van der Waals surface area contributed by atoms with Crippen LogP contribution in [0.2, 0.25) is 0 Å². The monoisotopic (exact) mass is 548 g/mol. The van der Waals surface area contributed by atoms with Gasteiger partial charge >= 0.3 is 0 Å². The summed E-state index contributed by atoms with van der Waals surface area (Å²) in [5, 5.41) is 10.2. The first-order valence-electron chi connectivity index (χ1n) is 12.9. The standard InChI is InChI=1S/C25H25F3N4O3.2C2H6.H2/c1-14-21(24(33)30-18-7-5-6-17(10-18)25(4,27)28)12-32(31-14)19-8-9-23(35-15(2)26)20(11-19)22-13-34-16(3)29-22;2*1-2;/h5-13,15-16,29H,1-4H3,(H,30,33);2*1-2H3;1H. The Kier molecular flexibility index (Phi) is 11.0. The summed E-state index contributed by atoms with van der Waals surface area (Å²) in [6, 6.07) is 10.6. The van der Waals surface area contributed by atoms with Gasteiger partial charge in [-0.2, -0.15) is 5.10 Å². The number of aromatic nitrogens is 2. The van der Waals surface area contributed by atoms with Crippen LogP contribution in [-0.2, 0) is 10.7 Å². The van der Waals surface area contributed by atoms with Crippen molar-refractivity contribution in [2.24, 2.45) is 0 Å². The van der Waals surface area contributed by atoms with Crippen molar-refractivity contribution in [3.63, 3.8) is 0 Å². The molecule has 0 bridgehead atoms. The van der Waals surface area contributed by atoms with Crippen LogP contribution >= 0.6 is 0 Å². The van der Waals surface area contributed by atoms with Crippen LogP contribution in [0, 0.1) is 6.92 Å². The lowest BCUT2D eigenvalue weighted by Crippen LogP contribution is -2.19. The van der Waals surface area contributed by atoms with Crippen molar-refractivity contribution >= 4 is 17.3 Å². The van der Waals surface area contributed by atoms with E-state index in [2.05, 4.69) is 15.7 Å². The van der Waals surface area contributed by atoms with E-state index in [1.807, 2.05) is 34.6 Å². The fraction of sp³-hybridized carbons (Fsp3) is 0.379. The molecule has 0 radical (unpaired) electrons. The minimum absolute atomic E-state index is 0. The van der Waals surface area contributed by atoms with Crippen molar-refractivity contribution in [2.45, 2.75) is 73.9 Å². The first-order chi connectivity index (χ1) is 18.5. The fourth-order valence-electron chi connectivity index (χ4n) is 3.63. The van der Waals surface area contributed by atoms with Gasteiger partial charge in [0.05, 0.1) is 22.6 Å². The van der Waals surface area contributed by atoms with Crippen molar-refractivity contribution in [2.75, 3.05) is 5.32 Å². The molecule has 39 heavy (non-hydrogen) atoms. The summed E-state index contributed by atoms with van der Waals surface area (Å²) in [5.74, 6) is -3.20. The van der Waals surface area contributed by atoms with Crippen LogP contribution in [0.1, 0.15) is 77.1 Å². The number of halogens is 3. The molecule has 0 fully saturated rings. The van der Waals surface area contributed by atoms with Crippen molar-refractivity contribution in [1.29, 1.82) is 0 Å². The molecule has 4 rings (SSSR count). The largest absolute Gasteiger partial charge is 0.476 e. The number of nitrogens with one attached hydrogen (secondary N) is 2. The number of alkyl halides is 3. The number of hydrogen-bond acceptors (Lipinski definition) is 5. The molecule has 0 aliphatic carbocycles. The van der Waals surface area contributed by atoms with Crippen LogP contribution in [0.3, 0.4) is 0 Å². The maximum absolute atomic E-state index is 13.6. The molecule has 10 heteroatoms. The summed E-state index contributed by atoms with van der Waals surface area (Å²) < 4.78 is 53.1. The normalized spacial score (nSPS) is 14.8. The van der Waals surface area contributed by atoms with Crippen LogP contribution in [0.4, 0.5) is 18.9 Å². The molecule has 1 amide bonds. The smallest absolute Gasteiger partial charge is 0.270 e. The second-order valence-electron chi connectivity index (χ2n) is 8.29. The third-order valence-corrected chi connectivity index (χ3v) is 5.33. The Labute approximate surface area is 229 Å². The Balaban J connectivity index is 0.00000153. The molecule has 1 aliphatic rings. The number of carbonyl (C=O) groups is 1. The van der Waals surface area contributed by atoms with Gasteiger partial charge in [-0.1, -0.05) is 39.8 Å². The van der Waals surface area contributed by atoms with Gasteiger partial charge in [0.15, 0.2) is 6.23 Å². The molecule has 7 nitrogen and oxygen atoms in total. The third-order valence-electron chi connectivity index (χ3n) is 5.33. The molecule has 214 valence electrons. The lowest BCUT2D eigenvalue weighted by atomic mass is 10.1. The number of nitrogens with zero attached hydrogens (tertiary/aromatic N) is 2. The van der Waals surface area contributed by atoms with E-state index < -0.39 is 18.2 Å². The average Bonchev–Trinajstić information content (AvgIpc) is 3.51. The Morgan fingerprint density at radius 2 is 1.90 bits per heavy atom. The van der Waals surface area contributed by atoms with Gasteiger partial charge in [-0.25, -0.2) is 17.9 Å². The van der Waals surface area contributed by atoms with Gasteiger partial charge in [-0.3, -0.25) is 4.79 Å². The van der Waals surface area contributed by atoms with Gasteiger partial charge in [-0.15, -0.1) is 0 Å². The summed E-state index contributed by atoms with van der Waals surface area (Å²) in [6.07, 6.45) is 1.29. The molecule has 0 saturated carbocycles. The van der Waals surface area contributed by atoms with E-state index in [9.17, 15) is 18.0 Å². The van der Waals surface area contributed by atoms with E-state index in [0.717, 1.165) is 6.92 Å². The van der Waals surface area contributed by atoms with E-state index in [1.54, 1.807) is 25.1 Å². The first kappa shape index (κ1) is 31.3. The Hall–Kier alpha value is -3.95. The zero-order valence-corrected chi connectivity index (χ0v) is 23.6. The topological polar surface area (TPSA) is 77.4 Å². The highest BCUT2D eigenvalue weighted by Gasteiger charge is 2.25. The van der Waals surface area contributed by atoms with Crippen molar-refractivity contribution in [1.82, 2.24) is 15.1 Å². The van der Waals surface area contributed by atoms with Gasteiger partial charge in [0, 0.05) is 38.3 Å². The fourth-order valence-corrected chi connectivity index (χ4v) is 3.63. The summed E-state index contributed by atoms with van der Waals surface area (Å²) in [4.78, 5) is 12.9. The van der Waals surface area contributed by atoms with E-state index >= 15 is 0 Å². The Bertz CT molecular complexity index is 1290. The number of amides is 1. The highest BCUT2D eigenvalue weighted by molar-refractivity contribution is 6.05. The highest BCUT2D eigenvalue weighted by atomic mass is 19.3. The minimum Gasteiger partial charge on any atom is -0.476 e. The number of aryl methyl sites for hydroxylation is 1. The summed E-state index contributed by atoms with van der Waals surface area (Å²) in [5.41, 5.74) is 2.53. The quantitative estimate of drug-likeness (QED) is 0.315. The molecule has 2 N–H and O–H groups in total. The number of carbonyl (C=O) groups excluding carboxylic acids is 1. The zero-order chi connectivity index (χ0) is 29.3. The van der Waals surface area contributed by atoms with E-state index in [1.165, 1.54) is 48.3 Å². The van der Waals surface area contributed by atoms with Crippen LogP contribution in [0.25, 0.3) is 11.4 Å². The molecule has 3 aromatic rings. The second kappa shape index (κ2) is 13.7. The minimum atomic E-state index is -3.03. The van der Waals surface area contributed by atoms with Crippen LogP contribution in [0.15, 0.2) is 54.9 Å². The maximum Gasteiger partial charge on any atom is 0.270 e. The molecule has 0 spiro atoms. The SMILES string of the molecule is CC.CC.Cc1nn(-c2ccc(OC(C)F)c(C3=COC(C)N3)c2)cc1C(=O)Nc1cccc(C(C)(F)F)c1.[HH]. The summed E-state index contributed by atoms with van der Waals surface area (Å²) in [6.45, 7) is 13.6. The molecule has 0 saturated heterocycles. The van der Waals surface area contributed by atoms with Gasteiger partial charge < -0.3 is 20.1 Å². The van der Waals surface area contributed by atoms with E-state index in [0.29, 0.717) is 28.4 Å². The van der Waals surface area contributed by atoms with Crippen molar-refractivity contribution < 1.29 is 28.9 Å². The first-order valence-corrected chi connectivity index (χ1v) is 12.9. The number of hydrogen-bond donors (Lipinski definition) is 2. The average molecular weight is 549 g/mol. The molecule has 2 unspecified atom stereocenters. The molecular weight excluding hydrogens is 509 g/mol. The molecule has 2 atom stereocenters. The lowest BCUT2D eigenvalue weighted by Gasteiger charge is -2.15.